The van der Waals surface area contributed by atoms with Gasteiger partial charge in [0.25, 0.3) is 0 Å². The Kier molecular flexibility index (Phi) is 4.24. The maximum Gasteiger partial charge on any atom is 0.338 e. The number of aliphatic imine (C=N–C) groups is 1. The van der Waals surface area contributed by atoms with Crippen molar-refractivity contribution in [3.8, 4) is 0 Å². The average Bonchev–Trinajstić information content (AvgIpc) is 2.90. The van der Waals surface area contributed by atoms with Gasteiger partial charge in [0.2, 0.25) is 0 Å². The molecule has 4 nitrogen and oxygen atoms in total. The number of carbonyl (C=O) groups is 1. The first-order valence-electron chi connectivity index (χ1n) is 7.54. The third-order valence-electron chi connectivity index (χ3n) is 3.66. The van der Waals surface area contributed by atoms with Crippen LogP contribution in [-0.2, 0) is 11.8 Å². The summed E-state index contributed by atoms with van der Waals surface area (Å²) in [4.78, 5) is 16.1. The Morgan fingerprint density at radius 2 is 1.91 bits per heavy atom. The Bertz CT molecular complexity index is 861. The Hall–Kier alpha value is -2.88. The maximum absolute atomic E-state index is 11.6. The summed E-state index contributed by atoms with van der Waals surface area (Å²) in [5.74, 6) is -0.308. The molecule has 0 saturated carbocycles. The molecule has 0 radical (unpaired) electrons. The predicted molar refractivity (Wildman–Crippen MR) is 92.6 cm³/mol. The molecule has 0 fully saturated rings. The molecule has 0 aliphatic heterocycles. The number of esters is 1. The Balaban J connectivity index is 1.83. The fraction of sp³-hybridized carbons (Fsp3) is 0.158. The second kappa shape index (κ2) is 6.48. The van der Waals surface area contributed by atoms with Crippen molar-refractivity contribution in [2.75, 3.05) is 6.61 Å². The number of ether oxygens (including phenoxy) is 1. The van der Waals surface area contributed by atoms with Gasteiger partial charge in [-0.05, 0) is 37.3 Å². The van der Waals surface area contributed by atoms with E-state index in [2.05, 4.69) is 27.9 Å². The van der Waals surface area contributed by atoms with Crippen molar-refractivity contribution >= 4 is 28.8 Å². The van der Waals surface area contributed by atoms with Gasteiger partial charge in [-0.25, -0.2) is 4.79 Å². The highest BCUT2D eigenvalue weighted by atomic mass is 16.5. The maximum atomic E-state index is 11.6. The minimum absolute atomic E-state index is 0.308. The van der Waals surface area contributed by atoms with Gasteiger partial charge < -0.3 is 9.30 Å². The monoisotopic (exact) mass is 306 g/mol. The molecule has 0 aliphatic rings. The number of benzene rings is 2. The van der Waals surface area contributed by atoms with E-state index in [-0.39, 0.29) is 5.97 Å². The Morgan fingerprint density at radius 1 is 1.17 bits per heavy atom. The third kappa shape index (κ3) is 3.16. The summed E-state index contributed by atoms with van der Waals surface area (Å²) >= 11 is 0. The summed E-state index contributed by atoms with van der Waals surface area (Å²) in [6.45, 7) is 2.17. The molecular weight excluding hydrogens is 288 g/mol. The van der Waals surface area contributed by atoms with Crippen LogP contribution >= 0.6 is 0 Å². The van der Waals surface area contributed by atoms with E-state index in [1.807, 2.05) is 37.5 Å². The van der Waals surface area contributed by atoms with Crippen molar-refractivity contribution in [3.63, 3.8) is 0 Å². The molecule has 3 aromatic rings. The normalized spacial score (nSPS) is 11.2. The quantitative estimate of drug-likeness (QED) is 0.538. The third-order valence-corrected chi connectivity index (χ3v) is 3.66. The highest BCUT2D eigenvalue weighted by Gasteiger charge is 2.06. The van der Waals surface area contributed by atoms with Gasteiger partial charge in [0.05, 0.1) is 17.9 Å². The van der Waals surface area contributed by atoms with Gasteiger partial charge in [-0.1, -0.05) is 18.2 Å². The lowest BCUT2D eigenvalue weighted by molar-refractivity contribution is 0.0526. The molecule has 0 bridgehead atoms. The highest BCUT2D eigenvalue weighted by Crippen LogP contribution is 2.20. The number of aromatic nitrogens is 1. The summed E-state index contributed by atoms with van der Waals surface area (Å²) in [6.07, 6.45) is 3.91. The van der Waals surface area contributed by atoms with Crippen LogP contribution in [-0.4, -0.2) is 23.4 Å². The average molecular weight is 306 g/mol. The first kappa shape index (κ1) is 15.0. The summed E-state index contributed by atoms with van der Waals surface area (Å²) < 4.78 is 7.05. The molecule has 3 rings (SSSR count). The minimum Gasteiger partial charge on any atom is -0.462 e. The molecule has 0 atom stereocenters. The Labute approximate surface area is 135 Å². The molecule has 0 amide bonds. The second-order valence-electron chi connectivity index (χ2n) is 5.24. The van der Waals surface area contributed by atoms with E-state index in [1.165, 1.54) is 10.9 Å². The van der Waals surface area contributed by atoms with Gasteiger partial charge >= 0.3 is 5.97 Å². The zero-order valence-corrected chi connectivity index (χ0v) is 13.2. The zero-order valence-electron chi connectivity index (χ0n) is 13.2. The van der Waals surface area contributed by atoms with Crippen molar-refractivity contribution in [2.24, 2.45) is 12.0 Å². The number of para-hydroxylation sites is 1. The lowest BCUT2D eigenvalue weighted by Crippen LogP contribution is -2.03. The van der Waals surface area contributed by atoms with Gasteiger partial charge in [-0.15, -0.1) is 0 Å². The molecule has 0 saturated heterocycles. The SMILES string of the molecule is CCOC(=O)c1ccc(N=Cc2cn(C)c3ccccc23)cc1. The second-order valence-corrected chi connectivity index (χ2v) is 5.24. The number of rotatable bonds is 4. The van der Waals surface area contributed by atoms with E-state index in [0.717, 1.165) is 11.3 Å². The van der Waals surface area contributed by atoms with Crippen LogP contribution in [0.15, 0.2) is 59.7 Å². The van der Waals surface area contributed by atoms with Crippen LogP contribution in [0, 0.1) is 0 Å². The topological polar surface area (TPSA) is 43.6 Å². The van der Waals surface area contributed by atoms with E-state index >= 15 is 0 Å². The van der Waals surface area contributed by atoms with Crippen molar-refractivity contribution in [1.82, 2.24) is 4.57 Å². The zero-order chi connectivity index (χ0) is 16.2. The molecule has 23 heavy (non-hydrogen) atoms. The van der Waals surface area contributed by atoms with Crippen molar-refractivity contribution in [2.45, 2.75) is 6.92 Å². The molecule has 4 heteroatoms. The van der Waals surface area contributed by atoms with Crippen LogP contribution in [0.3, 0.4) is 0 Å². The molecule has 1 heterocycles. The molecule has 0 N–H and O–H groups in total. The van der Waals surface area contributed by atoms with Gasteiger partial charge in [0.15, 0.2) is 0 Å². The van der Waals surface area contributed by atoms with E-state index in [1.54, 1.807) is 19.1 Å². The first-order chi connectivity index (χ1) is 11.2. The van der Waals surface area contributed by atoms with Crippen molar-refractivity contribution < 1.29 is 9.53 Å². The number of hydrogen-bond acceptors (Lipinski definition) is 3. The summed E-state index contributed by atoms with van der Waals surface area (Å²) in [5.41, 5.74) is 3.58. The van der Waals surface area contributed by atoms with Gasteiger partial charge in [0.1, 0.15) is 0 Å². The Morgan fingerprint density at radius 3 is 2.65 bits per heavy atom. The molecular formula is C19H18N2O2. The molecule has 0 spiro atoms. The number of aryl methyl sites for hydroxylation is 1. The van der Waals surface area contributed by atoms with Crippen LogP contribution in [0.5, 0.6) is 0 Å². The van der Waals surface area contributed by atoms with Crippen LogP contribution in [0.1, 0.15) is 22.8 Å². The number of nitrogens with zero attached hydrogens (tertiary/aromatic N) is 2. The van der Waals surface area contributed by atoms with Crippen LogP contribution in [0.25, 0.3) is 10.9 Å². The van der Waals surface area contributed by atoms with Gasteiger partial charge in [0, 0.05) is 35.9 Å². The molecule has 1 aromatic heterocycles. The van der Waals surface area contributed by atoms with Crippen LogP contribution in [0.4, 0.5) is 5.69 Å². The number of carbonyl (C=O) groups excluding carboxylic acids is 1. The van der Waals surface area contributed by atoms with Gasteiger partial charge in [-0.2, -0.15) is 0 Å². The summed E-state index contributed by atoms with van der Waals surface area (Å²) in [5, 5.41) is 1.17. The lowest BCUT2D eigenvalue weighted by Gasteiger charge is -2.01. The van der Waals surface area contributed by atoms with E-state index in [9.17, 15) is 4.79 Å². The van der Waals surface area contributed by atoms with E-state index in [4.69, 9.17) is 4.74 Å². The molecule has 116 valence electrons. The number of hydrogen-bond donors (Lipinski definition) is 0. The fourth-order valence-corrected chi connectivity index (χ4v) is 2.52. The smallest absolute Gasteiger partial charge is 0.338 e. The fourth-order valence-electron chi connectivity index (χ4n) is 2.52. The summed E-state index contributed by atoms with van der Waals surface area (Å²) in [6, 6.07) is 15.3. The molecule has 0 aliphatic carbocycles. The highest BCUT2D eigenvalue weighted by molar-refractivity contribution is 6.00. The lowest BCUT2D eigenvalue weighted by atomic mass is 10.2. The standard InChI is InChI=1S/C19H18N2O2/c1-3-23-19(22)14-8-10-16(11-9-14)20-12-15-13-21(2)18-7-5-4-6-17(15)18/h4-13H,3H2,1-2H3. The minimum atomic E-state index is -0.308. The number of fused-ring (bicyclic) bond motifs is 1. The van der Waals surface area contributed by atoms with Gasteiger partial charge in [-0.3, -0.25) is 4.99 Å². The molecule has 2 aromatic carbocycles. The van der Waals surface area contributed by atoms with Crippen LogP contribution in [0.2, 0.25) is 0 Å². The van der Waals surface area contributed by atoms with Crippen molar-refractivity contribution in [1.29, 1.82) is 0 Å². The van der Waals surface area contributed by atoms with Crippen LogP contribution < -0.4 is 0 Å². The predicted octanol–water partition coefficient (Wildman–Crippen LogP) is 4.11. The first-order valence-corrected chi connectivity index (χ1v) is 7.54. The summed E-state index contributed by atoms with van der Waals surface area (Å²) in [7, 11) is 2.02. The largest absolute Gasteiger partial charge is 0.462 e. The van der Waals surface area contributed by atoms with E-state index < -0.39 is 0 Å². The molecule has 0 unspecified atom stereocenters. The van der Waals surface area contributed by atoms with E-state index in [0.29, 0.717) is 12.2 Å². The van der Waals surface area contributed by atoms with Crippen molar-refractivity contribution in [3.05, 3.63) is 65.9 Å².